The number of anilines is 1. The number of hydrogen-bond donors (Lipinski definition) is 2. The fourth-order valence-electron chi connectivity index (χ4n) is 1.55. The summed E-state index contributed by atoms with van der Waals surface area (Å²) in [5.41, 5.74) is 7.19. The first-order valence-electron chi connectivity index (χ1n) is 5.06. The molecule has 1 heterocycles. The molecule has 0 atom stereocenters. The molecule has 0 fully saturated rings. The molecule has 0 saturated carbocycles. The Labute approximate surface area is 98.8 Å². The van der Waals surface area contributed by atoms with Gasteiger partial charge in [0.25, 0.3) is 0 Å². The zero-order valence-corrected chi connectivity index (χ0v) is 9.94. The highest BCUT2D eigenvalue weighted by Crippen LogP contribution is 2.35. The fraction of sp³-hybridized carbons (Fsp3) is 0.273. The lowest BCUT2D eigenvalue weighted by atomic mass is 10.1. The van der Waals surface area contributed by atoms with E-state index in [2.05, 4.69) is 15.2 Å². The molecule has 0 aliphatic heterocycles. The van der Waals surface area contributed by atoms with Gasteiger partial charge >= 0.3 is 0 Å². The van der Waals surface area contributed by atoms with Gasteiger partial charge in [0.1, 0.15) is 5.82 Å². The highest BCUT2D eigenvalue weighted by molar-refractivity contribution is 5.75. The lowest BCUT2D eigenvalue weighted by Crippen LogP contribution is -1.97. The van der Waals surface area contributed by atoms with Gasteiger partial charge in [-0.15, -0.1) is 0 Å². The Hall–Kier alpha value is -2.24. The number of rotatable bonds is 3. The van der Waals surface area contributed by atoms with Crippen molar-refractivity contribution in [3.63, 3.8) is 0 Å². The van der Waals surface area contributed by atoms with Crippen LogP contribution in [0.2, 0.25) is 0 Å². The molecule has 1 aromatic carbocycles. The number of ether oxygens (including phenoxy) is 2. The topological polar surface area (TPSA) is 86.0 Å². The van der Waals surface area contributed by atoms with E-state index in [0.717, 1.165) is 5.82 Å². The summed E-state index contributed by atoms with van der Waals surface area (Å²) in [5, 5.41) is 6.84. The van der Waals surface area contributed by atoms with Crippen molar-refractivity contribution in [2.45, 2.75) is 6.92 Å². The van der Waals surface area contributed by atoms with E-state index in [9.17, 15) is 0 Å². The minimum atomic E-state index is 0.543. The number of nitrogens with two attached hydrogens (primary N) is 1. The molecule has 0 saturated heterocycles. The molecule has 90 valence electrons. The van der Waals surface area contributed by atoms with Gasteiger partial charge in [-0.3, -0.25) is 5.10 Å². The van der Waals surface area contributed by atoms with Crippen LogP contribution in [0.1, 0.15) is 5.82 Å². The Morgan fingerprint density at radius 3 is 2.35 bits per heavy atom. The second kappa shape index (κ2) is 4.32. The number of nitrogens with one attached hydrogen (secondary N) is 1. The van der Waals surface area contributed by atoms with Gasteiger partial charge in [-0.2, -0.15) is 5.10 Å². The van der Waals surface area contributed by atoms with Crippen LogP contribution >= 0.6 is 0 Å². The van der Waals surface area contributed by atoms with Crippen molar-refractivity contribution < 1.29 is 9.47 Å². The molecule has 2 aromatic rings. The standard InChI is InChI=1S/C11H14N4O2/c1-6-13-11(15-14-6)7-4-9(16-2)10(17-3)5-8(7)12/h4-5H,12H2,1-3H3,(H,13,14,15). The van der Waals surface area contributed by atoms with E-state index in [0.29, 0.717) is 28.6 Å². The highest BCUT2D eigenvalue weighted by Gasteiger charge is 2.13. The van der Waals surface area contributed by atoms with Crippen molar-refractivity contribution in [1.82, 2.24) is 15.2 Å². The predicted molar refractivity (Wildman–Crippen MR) is 64.1 cm³/mol. The maximum atomic E-state index is 5.93. The van der Waals surface area contributed by atoms with Gasteiger partial charge in [0, 0.05) is 17.3 Å². The van der Waals surface area contributed by atoms with Crippen LogP contribution in [-0.2, 0) is 0 Å². The van der Waals surface area contributed by atoms with E-state index in [4.69, 9.17) is 15.2 Å². The number of nitrogens with zero attached hydrogens (tertiary/aromatic N) is 2. The molecule has 0 spiro atoms. The Morgan fingerprint density at radius 2 is 1.82 bits per heavy atom. The molecule has 2 rings (SSSR count). The normalized spacial score (nSPS) is 10.3. The van der Waals surface area contributed by atoms with Crippen LogP contribution in [0.3, 0.4) is 0 Å². The second-order valence-electron chi connectivity index (χ2n) is 3.54. The minimum Gasteiger partial charge on any atom is -0.493 e. The van der Waals surface area contributed by atoms with Crippen molar-refractivity contribution in [3.8, 4) is 22.9 Å². The molecular formula is C11H14N4O2. The van der Waals surface area contributed by atoms with Crippen LogP contribution in [0.25, 0.3) is 11.4 Å². The smallest absolute Gasteiger partial charge is 0.183 e. The zero-order chi connectivity index (χ0) is 12.4. The molecule has 6 nitrogen and oxygen atoms in total. The van der Waals surface area contributed by atoms with Gasteiger partial charge in [0.2, 0.25) is 0 Å². The van der Waals surface area contributed by atoms with Crippen molar-refractivity contribution in [3.05, 3.63) is 18.0 Å². The third-order valence-corrected chi connectivity index (χ3v) is 2.39. The number of aromatic nitrogens is 3. The number of aromatic amines is 1. The Bertz CT molecular complexity index is 536. The van der Waals surface area contributed by atoms with E-state index in [1.807, 2.05) is 6.92 Å². The zero-order valence-electron chi connectivity index (χ0n) is 9.94. The molecule has 0 aliphatic rings. The summed E-state index contributed by atoms with van der Waals surface area (Å²) in [7, 11) is 3.13. The quantitative estimate of drug-likeness (QED) is 0.783. The third kappa shape index (κ3) is 2.01. The van der Waals surface area contributed by atoms with Crippen LogP contribution in [0.15, 0.2) is 12.1 Å². The Balaban J connectivity index is 2.55. The monoisotopic (exact) mass is 234 g/mol. The third-order valence-electron chi connectivity index (χ3n) is 2.39. The van der Waals surface area contributed by atoms with Crippen LogP contribution in [0.4, 0.5) is 5.69 Å². The van der Waals surface area contributed by atoms with Crippen LogP contribution in [-0.4, -0.2) is 29.4 Å². The first kappa shape index (κ1) is 11.3. The number of H-pyrrole nitrogens is 1. The van der Waals surface area contributed by atoms with Gasteiger partial charge in [-0.25, -0.2) is 4.98 Å². The fourth-order valence-corrected chi connectivity index (χ4v) is 1.55. The lowest BCUT2D eigenvalue weighted by molar-refractivity contribution is 0.355. The highest BCUT2D eigenvalue weighted by atomic mass is 16.5. The maximum absolute atomic E-state index is 5.93. The molecule has 6 heteroatoms. The molecule has 0 aliphatic carbocycles. The lowest BCUT2D eigenvalue weighted by Gasteiger charge is -2.10. The summed E-state index contributed by atoms with van der Waals surface area (Å²) in [4.78, 5) is 4.23. The second-order valence-corrected chi connectivity index (χ2v) is 3.54. The number of benzene rings is 1. The maximum Gasteiger partial charge on any atom is 0.183 e. The van der Waals surface area contributed by atoms with Gasteiger partial charge in [0.15, 0.2) is 17.3 Å². The van der Waals surface area contributed by atoms with Crippen molar-refractivity contribution in [2.75, 3.05) is 20.0 Å². The van der Waals surface area contributed by atoms with Crippen LogP contribution in [0.5, 0.6) is 11.5 Å². The molecule has 0 amide bonds. The first-order chi connectivity index (χ1) is 8.15. The molecule has 0 bridgehead atoms. The number of methoxy groups -OCH3 is 2. The number of nitrogen functional groups attached to an aromatic ring is 1. The van der Waals surface area contributed by atoms with Crippen LogP contribution < -0.4 is 15.2 Å². The summed E-state index contributed by atoms with van der Waals surface area (Å²) in [6, 6.07) is 3.46. The van der Waals surface area contributed by atoms with Gasteiger partial charge in [0.05, 0.1) is 14.2 Å². The molecule has 1 aromatic heterocycles. The van der Waals surface area contributed by atoms with Crippen molar-refractivity contribution in [1.29, 1.82) is 0 Å². The van der Waals surface area contributed by atoms with Gasteiger partial charge < -0.3 is 15.2 Å². The summed E-state index contributed by atoms with van der Waals surface area (Å²) >= 11 is 0. The van der Waals surface area contributed by atoms with E-state index < -0.39 is 0 Å². The van der Waals surface area contributed by atoms with E-state index in [1.165, 1.54) is 0 Å². The Morgan fingerprint density at radius 1 is 1.18 bits per heavy atom. The van der Waals surface area contributed by atoms with Crippen molar-refractivity contribution in [2.24, 2.45) is 0 Å². The minimum absolute atomic E-state index is 0.543. The predicted octanol–water partition coefficient (Wildman–Crippen LogP) is 1.38. The van der Waals surface area contributed by atoms with Gasteiger partial charge in [-0.05, 0) is 13.0 Å². The summed E-state index contributed by atoms with van der Waals surface area (Å²) in [6.45, 7) is 1.83. The molecular weight excluding hydrogens is 220 g/mol. The SMILES string of the molecule is COc1cc(N)c(-c2n[nH]c(C)n2)cc1OC. The van der Waals surface area contributed by atoms with Crippen molar-refractivity contribution >= 4 is 5.69 Å². The molecule has 17 heavy (non-hydrogen) atoms. The molecule has 0 unspecified atom stereocenters. The summed E-state index contributed by atoms with van der Waals surface area (Å²) < 4.78 is 10.4. The average molecular weight is 234 g/mol. The molecule has 3 N–H and O–H groups in total. The van der Waals surface area contributed by atoms with E-state index in [-0.39, 0.29) is 0 Å². The first-order valence-corrected chi connectivity index (χ1v) is 5.06. The Kier molecular flexibility index (Phi) is 2.86. The summed E-state index contributed by atoms with van der Waals surface area (Å²) in [5.74, 6) is 2.45. The number of aryl methyl sites for hydroxylation is 1. The summed E-state index contributed by atoms with van der Waals surface area (Å²) in [6.07, 6.45) is 0. The van der Waals surface area contributed by atoms with Gasteiger partial charge in [-0.1, -0.05) is 0 Å². The molecule has 0 radical (unpaired) electrons. The number of hydrogen-bond acceptors (Lipinski definition) is 5. The largest absolute Gasteiger partial charge is 0.493 e. The average Bonchev–Trinajstić information content (AvgIpc) is 2.75. The van der Waals surface area contributed by atoms with E-state index >= 15 is 0 Å². The van der Waals surface area contributed by atoms with Crippen LogP contribution in [0, 0.1) is 6.92 Å². The van der Waals surface area contributed by atoms with E-state index in [1.54, 1.807) is 26.4 Å².